The van der Waals surface area contributed by atoms with E-state index in [1.165, 1.54) is 12.1 Å². The molecule has 0 aliphatic rings. The number of nitrogens with two attached hydrogens (primary N) is 1. The van der Waals surface area contributed by atoms with E-state index in [-0.39, 0.29) is 21.6 Å². The zero-order valence-corrected chi connectivity index (χ0v) is 9.40. The summed E-state index contributed by atoms with van der Waals surface area (Å²) in [7, 11) is 0. The Bertz CT molecular complexity index is 381. The molecule has 1 aromatic rings. The van der Waals surface area contributed by atoms with Gasteiger partial charge in [0.05, 0.1) is 15.7 Å². The zero-order chi connectivity index (χ0) is 11.4. The van der Waals surface area contributed by atoms with Crippen molar-refractivity contribution in [2.24, 2.45) is 0 Å². The number of carbonyl (C=O) groups is 1. The van der Waals surface area contributed by atoms with Crippen molar-refractivity contribution in [3.05, 3.63) is 40.4 Å². The lowest BCUT2D eigenvalue weighted by Crippen LogP contribution is -2.23. The average Bonchev–Trinajstić information content (AvgIpc) is 2.21. The lowest BCUT2D eigenvalue weighted by Gasteiger charge is -2.06. The first-order chi connectivity index (χ1) is 7.06. The Balaban J connectivity index is 2.95. The van der Waals surface area contributed by atoms with Crippen molar-refractivity contribution in [3.63, 3.8) is 0 Å². The quantitative estimate of drug-likeness (QED) is 0.634. The van der Waals surface area contributed by atoms with E-state index in [4.69, 9.17) is 28.9 Å². The molecule has 0 saturated heterocycles. The molecule has 0 unspecified atom stereocenters. The first-order valence-electron chi connectivity index (χ1n) is 4.20. The summed E-state index contributed by atoms with van der Waals surface area (Å²) in [6.45, 7) is 3.88. The van der Waals surface area contributed by atoms with Gasteiger partial charge < -0.3 is 11.1 Å². The van der Waals surface area contributed by atoms with Crippen molar-refractivity contribution in [3.8, 4) is 0 Å². The number of anilines is 1. The topological polar surface area (TPSA) is 55.1 Å². The molecule has 80 valence electrons. The maximum atomic E-state index is 11.5. The minimum Gasteiger partial charge on any atom is -0.397 e. The molecule has 5 heteroatoms. The second-order valence-electron chi connectivity index (χ2n) is 2.86. The molecular weight excluding hydrogens is 235 g/mol. The van der Waals surface area contributed by atoms with Crippen LogP contribution in [0.5, 0.6) is 0 Å². The molecule has 0 aromatic heterocycles. The average molecular weight is 245 g/mol. The summed E-state index contributed by atoms with van der Waals surface area (Å²) >= 11 is 11.5. The Morgan fingerprint density at radius 3 is 2.73 bits per heavy atom. The smallest absolute Gasteiger partial charge is 0.251 e. The molecule has 3 N–H and O–H groups in total. The summed E-state index contributed by atoms with van der Waals surface area (Å²) in [6, 6.07) is 2.95. The third-order valence-corrected chi connectivity index (χ3v) is 2.54. The van der Waals surface area contributed by atoms with E-state index >= 15 is 0 Å². The van der Waals surface area contributed by atoms with Crippen LogP contribution < -0.4 is 11.1 Å². The summed E-state index contributed by atoms with van der Waals surface area (Å²) in [5.41, 5.74) is 6.23. The number of hydrogen-bond donors (Lipinski definition) is 2. The van der Waals surface area contributed by atoms with Crippen LogP contribution in [0.4, 0.5) is 5.69 Å². The number of nitrogens with one attached hydrogen (secondary N) is 1. The first-order valence-corrected chi connectivity index (χ1v) is 4.95. The number of nitrogen functional groups attached to an aromatic ring is 1. The molecule has 3 nitrogen and oxygen atoms in total. The van der Waals surface area contributed by atoms with E-state index in [0.717, 1.165) is 0 Å². The fourth-order valence-electron chi connectivity index (χ4n) is 1.01. The van der Waals surface area contributed by atoms with Crippen LogP contribution in [0, 0.1) is 0 Å². The Labute approximate surface area is 97.9 Å². The van der Waals surface area contributed by atoms with Gasteiger partial charge in [0.2, 0.25) is 0 Å². The highest BCUT2D eigenvalue weighted by Gasteiger charge is 2.10. The van der Waals surface area contributed by atoms with Crippen molar-refractivity contribution >= 4 is 34.8 Å². The van der Waals surface area contributed by atoms with Crippen LogP contribution in [0.1, 0.15) is 10.4 Å². The number of carbonyl (C=O) groups excluding carboxylic acids is 1. The number of hydrogen-bond acceptors (Lipinski definition) is 2. The van der Waals surface area contributed by atoms with Gasteiger partial charge in [0.15, 0.2) is 0 Å². The van der Waals surface area contributed by atoms with Crippen LogP contribution >= 0.6 is 23.2 Å². The van der Waals surface area contributed by atoms with Gasteiger partial charge in [-0.15, -0.1) is 6.58 Å². The van der Waals surface area contributed by atoms with Crippen molar-refractivity contribution < 1.29 is 4.79 Å². The minimum atomic E-state index is -0.264. The van der Waals surface area contributed by atoms with E-state index in [0.29, 0.717) is 12.1 Å². The highest BCUT2D eigenvalue weighted by Crippen LogP contribution is 2.29. The standard InChI is InChI=1S/C10H10Cl2N2O/c1-2-3-14-10(15)6-4-7(11)9(12)8(13)5-6/h2,4-5H,1,3,13H2,(H,14,15). The van der Waals surface area contributed by atoms with Gasteiger partial charge >= 0.3 is 0 Å². The Kier molecular flexibility index (Phi) is 4.00. The molecule has 1 rings (SSSR count). The van der Waals surface area contributed by atoms with Crippen LogP contribution in [0.25, 0.3) is 0 Å². The number of benzene rings is 1. The van der Waals surface area contributed by atoms with E-state index in [9.17, 15) is 4.79 Å². The van der Waals surface area contributed by atoms with E-state index in [2.05, 4.69) is 11.9 Å². The Hall–Kier alpha value is -1.19. The molecule has 0 spiro atoms. The third kappa shape index (κ3) is 2.88. The molecule has 0 aliphatic carbocycles. The zero-order valence-electron chi connectivity index (χ0n) is 7.89. The third-order valence-electron chi connectivity index (χ3n) is 1.73. The van der Waals surface area contributed by atoms with E-state index < -0.39 is 0 Å². The van der Waals surface area contributed by atoms with E-state index in [1.807, 2.05) is 0 Å². The Morgan fingerprint density at radius 2 is 2.20 bits per heavy atom. The molecule has 1 aromatic carbocycles. The fourth-order valence-corrected chi connectivity index (χ4v) is 1.34. The highest BCUT2D eigenvalue weighted by molar-refractivity contribution is 6.43. The molecule has 0 atom stereocenters. The second kappa shape index (κ2) is 5.05. The van der Waals surface area contributed by atoms with Gasteiger partial charge in [0.1, 0.15) is 0 Å². The summed E-state index contributed by atoms with van der Waals surface area (Å²) in [5, 5.41) is 3.13. The molecule has 1 amide bonds. The van der Waals surface area contributed by atoms with Crippen LogP contribution in [0.3, 0.4) is 0 Å². The lowest BCUT2D eigenvalue weighted by atomic mass is 10.2. The maximum Gasteiger partial charge on any atom is 0.251 e. The lowest BCUT2D eigenvalue weighted by molar-refractivity contribution is 0.0958. The van der Waals surface area contributed by atoms with Gasteiger partial charge in [-0.05, 0) is 12.1 Å². The summed E-state index contributed by atoms with van der Waals surface area (Å²) < 4.78 is 0. The monoisotopic (exact) mass is 244 g/mol. The highest BCUT2D eigenvalue weighted by atomic mass is 35.5. The number of rotatable bonds is 3. The van der Waals surface area contributed by atoms with Gasteiger partial charge in [-0.1, -0.05) is 29.3 Å². The van der Waals surface area contributed by atoms with Gasteiger partial charge in [0.25, 0.3) is 5.91 Å². The Morgan fingerprint density at radius 1 is 1.53 bits per heavy atom. The summed E-state index contributed by atoms with van der Waals surface area (Å²) in [5.74, 6) is -0.264. The van der Waals surface area contributed by atoms with Crippen LogP contribution in [-0.4, -0.2) is 12.5 Å². The van der Waals surface area contributed by atoms with Crippen molar-refractivity contribution in [2.75, 3.05) is 12.3 Å². The first kappa shape index (κ1) is 11.9. The fraction of sp³-hybridized carbons (Fsp3) is 0.100. The van der Waals surface area contributed by atoms with Crippen LogP contribution in [0.2, 0.25) is 10.0 Å². The molecule has 0 radical (unpaired) electrons. The molecule has 0 aliphatic heterocycles. The van der Waals surface area contributed by atoms with Gasteiger partial charge in [-0.3, -0.25) is 4.79 Å². The van der Waals surface area contributed by atoms with Gasteiger partial charge in [-0.2, -0.15) is 0 Å². The van der Waals surface area contributed by atoms with Crippen LogP contribution in [0.15, 0.2) is 24.8 Å². The van der Waals surface area contributed by atoms with Crippen LogP contribution in [-0.2, 0) is 0 Å². The largest absolute Gasteiger partial charge is 0.397 e. The molecule has 0 heterocycles. The molecule has 0 bridgehead atoms. The molecule has 0 saturated carbocycles. The predicted octanol–water partition coefficient (Wildman–Crippen LogP) is 2.49. The van der Waals surface area contributed by atoms with E-state index in [1.54, 1.807) is 6.08 Å². The maximum absolute atomic E-state index is 11.5. The molecule has 0 fully saturated rings. The summed E-state index contributed by atoms with van der Waals surface area (Å²) in [6.07, 6.45) is 1.58. The van der Waals surface area contributed by atoms with Crippen molar-refractivity contribution in [2.45, 2.75) is 0 Å². The number of amides is 1. The SMILES string of the molecule is C=CCNC(=O)c1cc(N)c(Cl)c(Cl)c1. The minimum absolute atomic E-state index is 0.261. The number of halogens is 2. The normalized spacial score (nSPS) is 9.73. The predicted molar refractivity (Wildman–Crippen MR) is 63.4 cm³/mol. The van der Waals surface area contributed by atoms with Gasteiger partial charge in [-0.25, -0.2) is 0 Å². The molecular formula is C10H10Cl2N2O. The second-order valence-corrected chi connectivity index (χ2v) is 3.65. The summed E-state index contributed by atoms with van der Waals surface area (Å²) in [4.78, 5) is 11.5. The van der Waals surface area contributed by atoms with Crippen molar-refractivity contribution in [1.29, 1.82) is 0 Å². The van der Waals surface area contributed by atoms with Gasteiger partial charge in [0, 0.05) is 12.1 Å². The van der Waals surface area contributed by atoms with Crippen molar-refractivity contribution in [1.82, 2.24) is 5.32 Å². The molecule has 15 heavy (non-hydrogen) atoms.